The third-order valence-corrected chi connectivity index (χ3v) is 3.58. The average molecular weight is 298 g/mol. The normalized spacial score (nSPS) is 21.7. The molecule has 0 aromatic heterocycles. The van der Waals surface area contributed by atoms with Gasteiger partial charge in [-0.1, -0.05) is 11.6 Å². The highest BCUT2D eigenvalue weighted by Gasteiger charge is 2.29. The highest BCUT2D eigenvalue weighted by molar-refractivity contribution is 6.34. The smallest absolute Gasteiger partial charge is 0.248 e. The fraction of sp³-hybridized carbons (Fsp3) is 0.385. The predicted octanol–water partition coefficient (Wildman–Crippen LogP) is 0.754. The summed E-state index contributed by atoms with van der Waals surface area (Å²) in [4.78, 5) is 23.2. The van der Waals surface area contributed by atoms with Crippen LogP contribution in [0.15, 0.2) is 18.2 Å². The number of methoxy groups -OCH3 is 1. The summed E-state index contributed by atoms with van der Waals surface area (Å²) < 4.78 is 5.19. The van der Waals surface area contributed by atoms with Gasteiger partial charge in [-0.2, -0.15) is 0 Å². The Kier molecular flexibility index (Phi) is 4.59. The van der Waals surface area contributed by atoms with Crippen LogP contribution in [0.2, 0.25) is 5.02 Å². The van der Waals surface area contributed by atoms with Crippen LogP contribution in [0.1, 0.15) is 16.8 Å². The van der Waals surface area contributed by atoms with Crippen molar-refractivity contribution >= 4 is 29.1 Å². The Morgan fingerprint density at radius 2 is 2.25 bits per heavy atom. The Morgan fingerprint density at radius 1 is 1.50 bits per heavy atom. The van der Waals surface area contributed by atoms with Gasteiger partial charge in [-0.25, -0.2) is 0 Å². The molecule has 0 saturated carbocycles. The van der Waals surface area contributed by atoms with Crippen LogP contribution in [0, 0.1) is 0 Å². The lowest BCUT2D eigenvalue weighted by Gasteiger charge is -2.13. The number of nitrogens with two attached hydrogens (primary N) is 1. The van der Waals surface area contributed by atoms with Crippen molar-refractivity contribution in [3.05, 3.63) is 28.8 Å². The summed E-state index contributed by atoms with van der Waals surface area (Å²) in [7, 11) is 1.61. The minimum Gasteiger partial charge on any atom is -0.380 e. The molecule has 1 aliphatic rings. The molecular weight excluding hydrogens is 282 g/mol. The van der Waals surface area contributed by atoms with Crippen molar-refractivity contribution in [2.45, 2.75) is 18.6 Å². The highest BCUT2D eigenvalue weighted by Crippen LogP contribution is 2.23. The van der Waals surface area contributed by atoms with Crippen LogP contribution in [-0.4, -0.2) is 37.6 Å². The molecule has 2 atom stereocenters. The topological polar surface area (TPSA) is 93.4 Å². The lowest BCUT2D eigenvalue weighted by molar-refractivity contribution is -0.118. The van der Waals surface area contributed by atoms with Gasteiger partial charge in [-0.15, -0.1) is 0 Å². The Balaban J connectivity index is 2.08. The molecule has 2 rings (SSSR count). The molecule has 1 saturated heterocycles. The van der Waals surface area contributed by atoms with Gasteiger partial charge in [0.05, 0.1) is 22.9 Å². The molecule has 1 aromatic carbocycles. The SMILES string of the molecule is COC1CNC(C(=O)Nc2cc(C(N)=O)ccc2Cl)C1. The third-order valence-electron chi connectivity index (χ3n) is 3.25. The van der Waals surface area contributed by atoms with Gasteiger partial charge in [0.15, 0.2) is 0 Å². The summed E-state index contributed by atoms with van der Waals surface area (Å²) in [6, 6.07) is 4.16. The summed E-state index contributed by atoms with van der Waals surface area (Å²) in [6.45, 7) is 0.629. The number of halogens is 1. The number of nitrogens with one attached hydrogen (secondary N) is 2. The van der Waals surface area contributed by atoms with Crippen LogP contribution in [0.3, 0.4) is 0 Å². The summed E-state index contributed by atoms with van der Waals surface area (Å²) in [5, 5.41) is 6.11. The summed E-state index contributed by atoms with van der Waals surface area (Å²) >= 11 is 6.00. The molecule has 6 nitrogen and oxygen atoms in total. The number of rotatable bonds is 4. The number of primary amides is 1. The van der Waals surface area contributed by atoms with E-state index in [0.29, 0.717) is 29.2 Å². The maximum Gasteiger partial charge on any atom is 0.248 e. The highest BCUT2D eigenvalue weighted by atomic mass is 35.5. The van der Waals surface area contributed by atoms with Crippen LogP contribution in [0.25, 0.3) is 0 Å². The second-order valence-electron chi connectivity index (χ2n) is 4.60. The van der Waals surface area contributed by atoms with E-state index in [1.807, 2.05) is 0 Å². The summed E-state index contributed by atoms with van der Waals surface area (Å²) in [5.74, 6) is -0.788. The molecule has 1 fully saturated rings. The molecule has 4 N–H and O–H groups in total. The van der Waals surface area contributed by atoms with E-state index in [-0.39, 0.29) is 18.1 Å². The number of carbonyl (C=O) groups is 2. The second kappa shape index (κ2) is 6.21. The quantitative estimate of drug-likeness (QED) is 0.764. The first-order chi connectivity index (χ1) is 9.51. The minimum absolute atomic E-state index is 0.0261. The zero-order valence-electron chi connectivity index (χ0n) is 11.0. The second-order valence-corrected chi connectivity index (χ2v) is 5.01. The predicted molar refractivity (Wildman–Crippen MR) is 75.8 cm³/mol. The largest absolute Gasteiger partial charge is 0.380 e. The molecule has 2 unspecified atom stereocenters. The number of carbonyl (C=O) groups excluding carboxylic acids is 2. The van der Waals surface area contributed by atoms with Gasteiger partial charge in [0.1, 0.15) is 0 Å². The monoisotopic (exact) mass is 297 g/mol. The summed E-state index contributed by atoms with van der Waals surface area (Å²) in [6.07, 6.45) is 0.619. The first-order valence-corrected chi connectivity index (χ1v) is 6.55. The van der Waals surface area contributed by atoms with E-state index >= 15 is 0 Å². The number of hydrogen-bond acceptors (Lipinski definition) is 4. The van der Waals surface area contributed by atoms with Crippen LogP contribution in [0.4, 0.5) is 5.69 Å². The van der Waals surface area contributed by atoms with Crippen LogP contribution in [-0.2, 0) is 9.53 Å². The molecule has 0 radical (unpaired) electrons. The first kappa shape index (κ1) is 14.8. The fourth-order valence-corrected chi connectivity index (χ4v) is 2.24. The Bertz CT molecular complexity index is 536. The van der Waals surface area contributed by atoms with Crippen LogP contribution < -0.4 is 16.4 Å². The van der Waals surface area contributed by atoms with Crippen molar-refractivity contribution in [2.24, 2.45) is 5.73 Å². The number of anilines is 1. The van der Waals surface area contributed by atoms with Gasteiger partial charge < -0.3 is 21.1 Å². The van der Waals surface area contributed by atoms with E-state index in [4.69, 9.17) is 22.1 Å². The molecule has 0 bridgehead atoms. The van der Waals surface area contributed by atoms with Crippen molar-refractivity contribution in [2.75, 3.05) is 19.0 Å². The van der Waals surface area contributed by atoms with E-state index < -0.39 is 5.91 Å². The molecule has 0 spiro atoms. The zero-order chi connectivity index (χ0) is 14.7. The van der Waals surface area contributed by atoms with E-state index in [1.165, 1.54) is 18.2 Å². The third kappa shape index (κ3) is 3.27. The lowest BCUT2D eigenvalue weighted by Crippen LogP contribution is -2.35. The van der Waals surface area contributed by atoms with E-state index in [9.17, 15) is 9.59 Å². The maximum atomic E-state index is 12.1. The molecule has 7 heteroatoms. The molecule has 2 amide bonds. The van der Waals surface area contributed by atoms with Crippen molar-refractivity contribution in [1.29, 1.82) is 0 Å². The van der Waals surface area contributed by atoms with Crippen molar-refractivity contribution in [3.8, 4) is 0 Å². The van der Waals surface area contributed by atoms with Gasteiger partial charge in [0.2, 0.25) is 11.8 Å². The van der Waals surface area contributed by atoms with Crippen LogP contribution >= 0.6 is 11.6 Å². The first-order valence-electron chi connectivity index (χ1n) is 6.17. The standard InChI is InChI=1S/C13H16ClN3O3/c1-20-8-5-11(16-6-8)13(19)17-10-4-7(12(15)18)2-3-9(10)14/h2-4,8,11,16H,5-6H2,1H3,(H2,15,18)(H,17,19). The van der Waals surface area contributed by atoms with Crippen LogP contribution in [0.5, 0.6) is 0 Å². The molecule has 0 aliphatic carbocycles. The van der Waals surface area contributed by atoms with Crippen molar-refractivity contribution in [3.63, 3.8) is 0 Å². The van der Waals surface area contributed by atoms with Gasteiger partial charge in [-0.3, -0.25) is 9.59 Å². The molecule has 20 heavy (non-hydrogen) atoms. The van der Waals surface area contributed by atoms with E-state index in [0.717, 1.165) is 0 Å². The number of benzene rings is 1. The summed E-state index contributed by atoms with van der Waals surface area (Å²) in [5.41, 5.74) is 5.86. The van der Waals surface area contributed by atoms with Crippen molar-refractivity contribution in [1.82, 2.24) is 5.32 Å². The molecule has 1 heterocycles. The Morgan fingerprint density at radius 3 is 2.85 bits per heavy atom. The zero-order valence-corrected chi connectivity index (χ0v) is 11.7. The molecule has 1 aliphatic heterocycles. The number of ether oxygens (including phenoxy) is 1. The van der Waals surface area contributed by atoms with Crippen molar-refractivity contribution < 1.29 is 14.3 Å². The molecule has 108 valence electrons. The van der Waals surface area contributed by atoms with Gasteiger partial charge in [0.25, 0.3) is 0 Å². The Labute approximate surface area is 121 Å². The van der Waals surface area contributed by atoms with E-state index in [1.54, 1.807) is 7.11 Å². The molecular formula is C13H16ClN3O3. The van der Waals surface area contributed by atoms with Gasteiger partial charge in [0, 0.05) is 19.2 Å². The number of hydrogen-bond donors (Lipinski definition) is 3. The van der Waals surface area contributed by atoms with E-state index in [2.05, 4.69) is 10.6 Å². The Hall–Kier alpha value is -1.63. The maximum absolute atomic E-state index is 12.1. The fourth-order valence-electron chi connectivity index (χ4n) is 2.08. The average Bonchev–Trinajstić information content (AvgIpc) is 2.89. The lowest BCUT2D eigenvalue weighted by atomic mass is 10.1. The number of amides is 2. The van der Waals surface area contributed by atoms with Gasteiger partial charge in [-0.05, 0) is 24.6 Å². The minimum atomic E-state index is -0.574. The molecule has 1 aromatic rings. The van der Waals surface area contributed by atoms with Gasteiger partial charge >= 0.3 is 0 Å².